The Balaban J connectivity index is 2.15. The minimum Gasteiger partial charge on any atom is -0.402 e. The molecule has 0 amide bonds. The molecule has 0 saturated heterocycles. The quantitative estimate of drug-likeness (QED) is 0.396. The van der Waals surface area contributed by atoms with Crippen molar-refractivity contribution in [3.05, 3.63) is 35.9 Å². The van der Waals surface area contributed by atoms with Crippen LogP contribution < -0.4 is 0 Å². The lowest BCUT2D eigenvalue weighted by Gasteiger charge is -2.21. The first-order valence-electron chi connectivity index (χ1n) is 6.90. The van der Waals surface area contributed by atoms with Gasteiger partial charge in [0.25, 0.3) is 0 Å². The standard InChI is InChI=1S/C14H22BClO4/c1-2-13(14(16)20-15(17)18)9-6-10-19-11-12-7-4-3-5-8-12/h3-5,7-8,13-14,17-18H,2,6,9-11H2,1H3/t13-,14+/m0/s1. The first-order valence-corrected chi connectivity index (χ1v) is 7.34. The Morgan fingerprint density at radius 2 is 1.95 bits per heavy atom. The summed E-state index contributed by atoms with van der Waals surface area (Å²) in [6.45, 7) is 3.25. The smallest absolute Gasteiger partial charge is 0.402 e. The molecule has 0 aliphatic heterocycles. The van der Waals surface area contributed by atoms with Crippen LogP contribution in [-0.2, 0) is 16.0 Å². The van der Waals surface area contributed by atoms with Crippen LogP contribution in [0, 0.1) is 5.92 Å². The number of ether oxygens (including phenoxy) is 1. The van der Waals surface area contributed by atoms with Gasteiger partial charge >= 0.3 is 7.32 Å². The maximum Gasteiger partial charge on any atom is 0.635 e. The lowest BCUT2D eigenvalue weighted by atomic mass is 10.0. The normalized spacial score (nSPS) is 14.0. The molecule has 0 bridgehead atoms. The van der Waals surface area contributed by atoms with Crippen LogP contribution in [0.2, 0.25) is 0 Å². The van der Waals surface area contributed by atoms with E-state index in [1.54, 1.807) is 0 Å². The van der Waals surface area contributed by atoms with Crippen molar-refractivity contribution in [3.8, 4) is 0 Å². The number of alkyl halides is 1. The van der Waals surface area contributed by atoms with E-state index in [0.29, 0.717) is 13.2 Å². The Bertz CT molecular complexity index is 350. The topological polar surface area (TPSA) is 58.9 Å². The molecule has 1 aromatic carbocycles. The van der Waals surface area contributed by atoms with Crippen molar-refractivity contribution in [1.82, 2.24) is 0 Å². The lowest BCUT2D eigenvalue weighted by Crippen LogP contribution is -2.27. The summed E-state index contributed by atoms with van der Waals surface area (Å²) < 4.78 is 10.4. The Morgan fingerprint density at radius 3 is 2.55 bits per heavy atom. The molecule has 4 nitrogen and oxygen atoms in total. The largest absolute Gasteiger partial charge is 0.635 e. The SMILES string of the molecule is CC[C@@H](CCCOCc1ccccc1)[C@H](Cl)OB(O)O. The molecule has 0 aromatic heterocycles. The van der Waals surface area contributed by atoms with Crippen LogP contribution in [0.15, 0.2) is 30.3 Å². The molecule has 0 spiro atoms. The third-order valence-corrected chi connectivity index (χ3v) is 3.58. The minimum atomic E-state index is -1.82. The molecule has 6 heteroatoms. The van der Waals surface area contributed by atoms with Crippen molar-refractivity contribution >= 4 is 18.9 Å². The Labute approximate surface area is 125 Å². The van der Waals surface area contributed by atoms with Gasteiger partial charge in [0, 0.05) is 6.61 Å². The summed E-state index contributed by atoms with van der Waals surface area (Å²) in [5.41, 5.74) is 0.468. The average molecular weight is 301 g/mol. The number of benzene rings is 1. The Hall–Kier alpha value is -0.585. The summed E-state index contributed by atoms with van der Waals surface area (Å²) >= 11 is 5.97. The minimum absolute atomic E-state index is 0.0822. The second kappa shape index (κ2) is 10.2. The fraction of sp³-hybridized carbons (Fsp3) is 0.571. The van der Waals surface area contributed by atoms with Crippen molar-refractivity contribution < 1.29 is 19.4 Å². The van der Waals surface area contributed by atoms with E-state index < -0.39 is 12.9 Å². The summed E-state index contributed by atoms with van der Waals surface area (Å²) in [5.74, 6) is 0.0822. The van der Waals surface area contributed by atoms with E-state index in [4.69, 9.17) is 31.0 Å². The van der Waals surface area contributed by atoms with Crippen LogP contribution >= 0.6 is 11.6 Å². The van der Waals surface area contributed by atoms with Crippen LogP contribution in [0.5, 0.6) is 0 Å². The zero-order valence-electron chi connectivity index (χ0n) is 11.7. The third kappa shape index (κ3) is 7.26. The van der Waals surface area contributed by atoms with Gasteiger partial charge in [-0.25, -0.2) is 0 Å². The molecule has 2 N–H and O–H groups in total. The molecule has 0 radical (unpaired) electrons. The third-order valence-electron chi connectivity index (χ3n) is 3.12. The van der Waals surface area contributed by atoms with E-state index >= 15 is 0 Å². The fourth-order valence-electron chi connectivity index (χ4n) is 1.96. The predicted octanol–water partition coefficient (Wildman–Crippen LogP) is 2.56. The van der Waals surface area contributed by atoms with Crippen LogP contribution in [0.4, 0.5) is 0 Å². The predicted molar refractivity (Wildman–Crippen MR) is 80.0 cm³/mol. The fourth-order valence-corrected chi connectivity index (χ4v) is 2.36. The summed E-state index contributed by atoms with van der Waals surface area (Å²) in [7, 11) is -1.82. The van der Waals surface area contributed by atoms with Gasteiger partial charge in [-0.1, -0.05) is 48.9 Å². The summed E-state index contributed by atoms with van der Waals surface area (Å²) in [6, 6.07) is 10.0. The van der Waals surface area contributed by atoms with E-state index in [9.17, 15) is 0 Å². The first-order chi connectivity index (χ1) is 9.63. The van der Waals surface area contributed by atoms with Crippen molar-refractivity contribution in [2.24, 2.45) is 5.92 Å². The lowest BCUT2D eigenvalue weighted by molar-refractivity contribution is 0.0955. The maximum atomic E-state index is 8.73. The summed E-state index contributed by atoms with van der Waals surface area (Å²) in [4.78, 5) is 0. The van der Waals surface area contributed by atoms with E-state index in [-0.39, 0.29) is 5.92 Å². The zero-order valence-corrected chi connectivity index (χ0v) is 12.5. The van der Waals surface area contributed by atoms with Crippen molar-refractivity contribution in [2.45, 2.75) is 38.4 Å². The Kier molecular flexibility index (Phi) is 8.90. The average Bonchev–Trinajstić information content (AvgIpc) is 2.43. The molecule has 2 atom stereocenters. The van der Waals surface area contributed by atoms with Gasteiger partial charge in [0.05, 0.1) is 6.61 Å². The molecule has 1 aromatic rings. The van der Waals surface area contributed by atoms with Crippen molar-refractivity contribution in [3.63, 3.8) is 0 Å². The van der Waals surface area contributed by atoms with Crippen LogP contribution in [0.25, 0.3) is 0 Å². The van der Waals surface area contributed by atoms with E-state index in [1.807, 2.05) is 37.3 Å². The molecule has 112 valence electrons. The maximum absolute atomic E-state index is 8.73. The van der Waals surface area contributed by atoms with Crippen LogP contribution in [0.3, 0.4) is 0 Å². The van der Waals surface area contributed by atoms with Gasteiger partial charge in [0.1, 0.15) is 5.56 Å². The highest BCUT2D eigenvalue weighted by Gasteiger charge is 2.23. The second-order valence-electron chi connectivity index (χ2n) is 4.66. The van der Waals surface area contributed by atoms with Gasteiger partial charge < -0.3 is 19.4 Å². The van der Waals surface area contributed by atoms with E-state index in [1.165, 1.54) is 0 Å². The molecule has 0 heterocycles. The van der Waals surface area contributed by atoms with Gasteiger partial charge in [0.15, 0.2) is 0 Å². The number of hydrogen-bond acceptors (Lipinski definition) is 4. The highest BCUT2D eigenvalue weighted by Crippen LogP contribution is 2.21. The van der Waals surface area contributed by atoms with Crippen molar-refractivity contribution in [1.29, 1.82) is 0 Å². The molecule has 0 saturated carbocycles. The number of rotatable bonds is 10. The monoisotopic (exact) mass is 300 g/mol. The van der Waals surface area contributed by atoms with Gasteiger partial charge in [0.2, 0.25) is 0 Å². The summed E-state index contributed by atoms with van der Waals surface area (Å²) in [5, 5.41) is 17.5. The van der Waals surface area contributed by atoms with Crippen LogP contribution in [0.1, 0.15) is 31.7 Å². The molecule has 0 aliphatic carbocycles. The van der Waals surface area contributed by atoms with Crippen LogP contribution in [-0.4, -0.2) is 29.5 Å². The van der Waals surface area contributed by atoms with E-state index in [0.717, 1.165) is 24.8 Å². The number of halogens is 1. The van der Waals surface area contributed by atoms with Gasteiger partial charge in [-0.05, 0) is 30.7 Å². The molecule has 20 heavy (non-hydrogen) atoms. The second-order valence-corrected chi connectivity index (χ2v) is 5.09. The summed E-state index contributed by atoms with van der Waals surface area (Å²) in [6.07, 6.45) is 2.51. The molecule has 0 aliphatic rings. The molecule has 0 unspecified atom stereocenters. The molecular weight excluding hydrogens is 278 g/mol. The number of hydrogen-bond donors (Lipinski definition) is 2. The van der Waals surface area contributed by atoms with Gasteiger partial charge in [-0.2, -0.15) is 0 Å². The van der Waals surface area contributed by atoms with E-state index in [2.05, 4.69) is 0 Å². The molecule has 0 fully saturated rings. The molecule has 1 rings (SSSR count). The Morgan fingerprint density at radius 1 is 1.25 bits per heavy atom. The van der Waals surface area contributed by atoms with Gasteiger partial charge in [-0.15, -0.1) is 0 Å². The first kappa shape index (κ1) is 17.5. The zero-order chi connectivity index (χ0) is 14.8. The highest BCUT2D eigenvalue weighted by atomic mass is 35.5. The van der Waals surface area contributed by atoms with Gasteiger partial charge in [-0.3, -0.25) is 0 Å². The molecular formula is C14H22BClO4. The highest BCUT2D eigenvalue weighted by molar-refractivity contribution is 6.34. The van der Waals surface area contributed by atoms with Crippen molar-refractivity contribution in [2.75, 3.05) is 6.61 Å².